The molecule has 1 amide bonds. The third kappa shape index (κ3) is 4.23. The molecule has 0 atom stereocenters. The van der Waals surface area contributed by atoms with Crippen LogP contribution in [0.4, 0.5) is 4.39 Å². The molecule has 0 spiro atoms. The molecular formula is C16H22FNOS. The highest BCUT2D eigenvalue weighted by Gasteiger charge is 2.18. The van der Waals surface area contributed by atoms with Gasteiger partial charge in [0, 0.05) is 11.4 Å². The molecule has 1 aromatic rings. The molecule has 0 aliphatic heterocycles. The van der Waals surface area contributed by atoms with Gasteiger partial charge in [-0.15, -0.1) is 12.6 Å². The van der Waals surface area contributed by atoms with E-state index in [1.54, 1.807) is 6.07 Å². The molecule has 1 aliphatic rings. The lowest BCUT2D eigenvalue weighted by molar-refractivity contribution is 0.0945. The van der Waals surface area contributed by atoms with Crippen LogP contribution in [-0.2, 0) is 0 Å². The first-order chi connectivity index (χ1) is 9.56. The molecule has 1 aromatic carbocycles. The molecule has 110 valence electrons. The van der Waals surface area contributed by atoms with Gasteiger partial charge in [0.2, 0.25) is 0 Å². The topological polar surface area (TPSA) is 29.1 Å². The first-order valence-electron chi connectivity index (χ1n) is 7.33. The number of carbonyl (C=O) groups excluding carboxylic acids is 1. The van der Waals surface area contributed by atoms with E-state index in [0.717, 1.165) is 12.3 Å². The van der Waals surface area contributed by atoms with Crippen LogP contribution in [-0.4, -0.2) is 12.5 Å². The van der Waals surface area contributed by atoms with Crippen LogP contribution in [0.15, 0.2) is 23.1 Å². The molecule has 1 N–H and O–H groups in total. The van der Waals surface area contributed by atoms with Gasteiger partial charge in [0.05, 0.1) is 5.56 Å². The van der Waals surface area contributed by atoms with E-state index in [2.05, 4.69) is 24.9 Å². The number of amides is 1. The molecule has 2 rings (SSSR count). The molecular weight excluding hydrogens is 273 g/mol. The number of thiol groups is 1. The number of hydrogen-bond donors (Lipinski definition) is 2. The molecule has 1 fully saturated rings. The van der Waals surface area contributed by atoms with Crippen LogP contribution in [0.5, 0.6) is 0 Å². The van der Waals surface area contributed by atoms with Crippen LogP contribution < -0.4 is 5.32 Å². The second kappa shape index (κ2) is 7.11. The Labute approximate surface area is 125 Å². The fourth-order valence-corrected chi connectivity index (χ4v) is 2.99. The highest BCUT2D eigenvalue weighted by Crippen LogP contribution is 2.29. The summed E-state index contributed by atoms with van der Waals surface area (Å²) in [6, 6.07) is 4.29. The van der Waals surface area contributed by atoms with Crippen molar-refractivity contribution < 1.29 is 9.18 Å². The van der Waals surface area contributed by atoms with Crippen molar-refractivity contribution in [1.82, 2.24) is 5.32 Å². The molecule has 1 saturated carbocycles. The van der Waals surface area contributed by atoms with Gasteiger partial charge in [0.25, 0.3) is 5.91 Å². The van der Waals surface area contributed by atoms with Crippen LogP contribution >= 0.6 is 12.6 Å². The van der Waals surface area contributed by atoms with E-state index in [-0.39, 0.29) is 11.5 Å². The zero-order chi connectivity index (χ0) is 14.5. The second-order valence-electron chi connectivity index (χ2n) is 5.83. The smallest absolute Gasteiger partial charge is 0.254 e. The number of halogens is 1. The van der Waals surface area contributed by atoms with Crippen LogP contribution in [0, 0.1) is 17.7 Å². The van der Waals surface area contributed by atoms with Crippen molar-refractivity contribution in [2.24, 2.45) is 11.8 Å². The predicted octanol–water partition coefficient (Wildman–Crippen LogP) is 4.06. The summed E-state index contributed by atoms with van der Waals surface area (Å²) < 4.78 is 13.6. The van der Waals surface area contributed by atoms with Crippen molar-refractivity contribution in [3.63, 3.8) is 0 Å². The maximum Gasteiger partial charge on any atom is 0.254 e. The number of benzene rings is 1. The molecule has 20 heavy (non-hydrogen) atoms. The van der Waals surface area contributed by atoms with Crippen molar-refractivity contribution in [3.8, 4) is 0 Å². The maximum atomic E-state index is 13.6. The summed E-state index contributed by atoms with van der Waals surface area (Å²) in [4.78, 5) is 12.5. The van der Waals surface area contributed by atoms with E-state index < -0.39 is 5.82 Å². The second-order valence-corrected chi connectivity index (χ2v) is 6.35. The van der Waals surface area contributed by atoms with Gasteiger partial charge >= 0.3 is 0 Å². The summed E-state index contributed by atoms with van der Waals surface area (Å²) in [7, 11) is 0. The summed E-state index contributed by atoms with van der Waals surface area (Å²) in [5.41, 5.74) is 0.0785. The summed E-state index contributed by atoms with van der Waals surface area (Å²) in [5, 5.41) is 2.81. The zero-order valence-corrected chi connectivity index (χ0v) is 12.8. The van der Waals surface area contributed by atoms with Gasteiger partial charge in [-0.1, -0.05) is 32.6 Å². The highest BCUT2D eigenvalue weighted by atomic mass is 32.1. The summed E-state index contributed by atoms with van der Waals surface area (Å²) in [6.45, 7) is 2.92. The van der Waals surface area contributed by atoms with Crippen LogP contribution in [0.3, 0.4) is 0 Å². The van der Waals surface area contributed by atoms with Gasteiger partial charge in [-0.25, -0.2) is 4.39 Å². The summed E-state index contributed by atoms with van der Waals surface area (Å²) in [5.74, 6) is 0.704. The monoisotopic (exact) mass is 295 g/mol. The van der Waals surface area contributed by atoms with E-state index in [1.165, 1.54) is 37.8 Å². The Kier molecular flexibility index (Phi) is 5.46. The van der Waals surface area contributed by atoms with E-state index in [4.69, 9.17) is 0 Å². The summed E-state index contributed by atoms with van der Waals surface area (Å²) in [6.07, 6.45) is 6.06. The lowest BCUT2D eigenvalue weighted by Gasteiger charge is -2.26. The maximum absolute atomic E-state index is 13.6. The SMILES string of the molecule is CC1CCC(CCNC(=O)c2cc(S)ccc2F)CC1. The molecule has 0 bridgehead atoms. The number of nitrogens with one attached hydrogen (secondary N) is 1. The average molecular weight is 295 g/mol. The van der Waals surface area contributed by atoms with E-state index in [9.17, 15) is 9.18 Å². The molecule has 0 radical (unpaired) electrons. The van der Waals surface area contributed by atoms with E-state index in [1.807, 2.05) is 0 Å². The van der Waals surface area contributed by atoms with Gasteiger partial charge in [-0.05, 0) is 36.5 Å². The van der Waals surface area contributed by atoms with Crippen molar-refractivity contribution in [2.45, 2.75) is 43.9 Å². The van der Waals surface area contributed by atoms with Crippen molar-refractivity contribution in [1.29, 1.82) is 0 Å². The Hall–Kier alpha value is -1.03. The molecule has 4 heteroatoms. The lowest BCUT2D eigenvalue weighted by Crippen LogP contribution is -2.27. The highest BCUT2D eigenvalue weighted by molar-refractivity contribution is 7.80. The van der Waals surface area contributed by atoms with Gasteiger partial charge in [-0.3, -0.25) is 4.79 Å². The van der Waals surface area contributed by atoms with Crippen LogP contribution in [0.25, 0.3) is 0 Å². The molecule has 0 aromatic heterocycles. The van der Waals surface area contributed by atoms with Crippen molar-refractivity contribution in [2.75, 3.05) is 6.54 Å². The third-order valence-electron chi connectivity index (χ3n) is 4.17. The Morgan fingerprint density at radius 3 is 2.75 bits per heavy atom. The average Bonchev–Trinajstić information content (AvgIpc) is 2.43. The largest absolute Gasteiger partial charge is 0.352 e. The number of carbonyl (C=O) groups is 1. The van der Waals surface area contributed by atoms with E-state index >= 15 is 0 Å². The minimum atomic E-state index is -0.494. The van der Waals surface area contributed by atoms with E-state index in [0.29, 0.717) is 17.4 Å². The quantitative estimate of drug-likeness (QED) is 0.806. The predicted molar refractivity (Wildman–Crippen MR) is 81.7 cm³/mol. The molecule has 0 saturated heterocycles. The minimum absolute atomic E-state index is 0.0785. The number of hydrogen-bond acceptors (Lipinski definition) is 2. The van der Waals surface area contributed by atoms with Gasteiger partial charge in [0.1, 0.15) is 5.82 Å². The zero-order valence-electron chi connectivity index (χ0n) is 11.9. The molecule has 1 aliphatic carbocycles. The third-order valence-corrected chi connectivity index (χ3v) is 4.45. The Balaban J connectivity index is 1.79. The lowest BCUT2D eigenvalue weighted by atomic mass is 9.81. The first-order valence-corrected chi connectivity index (χ1v) is 7.77. The molecule has 0 unspecified atom stereocenters. The Morgan fingerprint density at radius 1 is 1.35 bits per heavy atom. The van der Waals surface area contributed by atoms with Gasteiger partial charge < -0.3 is 5.32 Å². The van der Waals surface area contributed by atoms with Crippen molar-refractivity contribution in [3.05, 3.63) is 29.6 Å². The first kappa shape index (κ1) is 15.4. The normalized spacial score (nSPS) is 22.6. The molecule has 0 heterocycles. The van der Waals surface area contributed by atoms with Gasteiger partial charge in [0.15, 0.2) is 0 Å². The van der Waals surface area contributed by atoms with Crippen LogP contribution in [0.2, 0.25) is 0 Å². The Morgan fingerprint density at radius 2 is 2.05 bits per heavy atom. The minimum Gasteiger partial charge on any atom is -0.352 e. The standard InChI is InChI=1S/C16H22FNOS/c1-11-2-4-12(5-3-11)8-9-18-16(19)14-10-13(20)6-7-15(14)17/h6-7,10-12,20H,2-5,8-9H2,1H3,(H,18,19). The van der Waals surface area contributed by atoms with Crippen molar-refractivity contribution >= 4 is 18.5 Å². The van der Waals surface area contributed by atoms with Crippen LogP contribution in [0.1, 0.15) is 49.4 Å². The fraction of sp³-hybridized carbons (Fsp3) is 0.562. The van der Waals surface area contributed by atoms with Gasteiger partial charge in [-0.2, -0.15) is 0 Å². The number of rotatable bonds is 4. The molecule has 2 nitrogen and oxygen atoms in total. The fourth-order valence-electron chi connectivity index (χ4n) is 2.79. The summed E-state index contributed by atoms with van der Waals surface area (Å²) >= 11 is 4.13. The Bertz CT molecular complexity index is 470.